The van der Waals surface area contributed by atoms with Gasteiger partial charge in [0.2, 0.25) is 0 Å². The minimum absolute atomic E-state index is 0.343. The Labute approximate surface area is 159 Å². The van der Waals surface area contributed by atoms with Crippen molar-refractivity contribution in [1.82, 2.24) is 24.5 Å². The Balaban J connectivity index is 1.94. The summed E-state index contributed by atoms with van der Waals surface area (Å²) in [5, 5.41) is 0.769. The number of thiazole rings is 1. The predicted octanol–water partition coefficient (Wildman–Crippen LogP) is 2.73. The molecule has 3 heterocycles. The molecule has 0 unspecified atom stereocenters. The van der Waals surface area contributed by atoms with Gasteiger partial charge in [0.25, 0.3) is 0 Å². The number of rotatable bonds is 3. The Morgan fingerprint density at radius 3 is 2.74 bits per heavy atom. The first-order valence-corrected chi connectivity index (χ1v) is 8.98. The van der Waals surface area contributed by atoms with Gasteiger partial charge in [0.15, 0.2) is 11.6 Å². The van der Waals surface area contributed by atoms with Gasteiger partial charge < -0.3 is 15.0 Å². The van der Waals surface area contributed by atoms with Crippen molar-refractivity contribution in [2.75, 3.05) is 19.5 Å². The summed E-state index contributed by atoms with van der Waals surface area (Å²) in [6, 6.07) is 9.95. The van der Waals surface area contributed by atoms with Gasteiger partial charge in [0.05, 0.1) is 0 Å². The molecule has 0 amide bonds. The monoisotopic (exact) mass is 376 g/mol. The molecule has 134 valence electrons. The molecule has 0 fully saturated rings. The summed E-state index contributed by atoms with van der Waals surface area (Å²) in [5.41, 5.74) is 9.22. The highest BCUT2D eigenvalue weighted by atomic mass is 32.1. The van der Waals surface area contributed by atoms with Crippen LogP contribution in [0.2, 0.25) is 0 Å². The molecule has 0 radical (unpaired) electrons. The fourth-order valence-corrected chi connectivity index (χ4v) is 3.71. The molecule has 0 saturated carbocycles. The average Bonchev–Trinajstić information content (AvgIpc) is 3.25. The zero-order valence-electron chi connectivity index (χ0n) is 14.8. The number of nitrogens with zero attached hydrogens (tertiary/aromatic N) is 5. The lowest BCUT2D eigenvalue weighted by Crippen LogP contribution is -1.96. The largest absolute Gasteiger partial charge is 0.382 e. The van der Waals surface area contributed by atoms with Gasteiger partial charge in [-0.2, -0.15) is 0 Å². The number of imidazole rings is 1. The lowest BCUT2D eigenvalue weighted by atomic mass is 10.1. The SMILES string of the molecule is COCC#Cc1nc(-c2ccccc2)c(-c2nc3c(N)ncnc3s2)n1C. The number of fused-ring (bicyclic) bond motifs is 1. The third kappa shape index (κ3) is 3.14. The highest BCUT2D eigenvalue weighted by Gasteiger charge is 2.21. The first kappa shape index (κ1) is 17.1. The zero-order chi connectivity index (χ0) is 18.8. The number of nitrogens with two attached hydrogens (primary N) is 1. The molecular weight excluding hydrogens is 360 g/mol. The second-order valence-corrected chi connectivity index (χ2v) is 6.70. The highest BCUT2D eigenvalue weighted by molar-refractivity contribution is 7.21. The van der Waals surface area contributed by atoms with Gasteiger partial charge in [-0.15, -0.1) is 0 Å². The third-order valence-electron chi connectivity index (χ3n) is 3.99. The molecule has 0 spiro atoms. The smallest absolute Gasteiger partial charge is 0.186 e. The number of hydrogen-bond donors (Lipinski definition) is 1. The van der Waals surface area contributed by atoms with Crippen LogP contribution < -0.4 is 5.73 Å². The van der Waals surface area contributed by atoms with Crippen LogP contribution in [0.1, 0.15) is 5.82 Å². The van der Waals surface area contributed by atoms with E-state index in [1.165, 1.54) is 17.7 Å². The van der Waals surface area contributed by atoms with Crippen LogP contribution in [-0.2, 0) is 11.8 Å². The third-order valence-corrected chi connectivity index (χ3v) is 4.96. The lowest BCUT2D eigenvalue weighted by Gasteiger charge is -2.03. The summed E-state index contributed by atoms with van der Waals surface area (Å²) in [6.07, 6.45) is 1.45. The number of nitrogen functional groups attached to an aromatic ring is 1. The summed E-state index contributed by atoms with van der Waals surface area (Å²) in [6.45, 7) is 0.343. The number of hydrogen-bond acceptors (Lipinski definition) is 7. The predicted molar refractivity (Wildman–Crippen MR) is 106 cm³/mol. The van der Waals surface area contributed by atoms with Crippen molar-refractivity contribution in [3.63, 3.8) is 0 Å². The van der Waals surface area contributed by atoms with E-state index in [0.717, 1.165) is 26.8 Å². The minimum atomic E-state index is 0.343. The summed E-state index contributed by atoms with van der Waals surface area (Å²) in [4.78, 5) is 18.5. The molecule has 7 nitrogen and oxygen atoms in total. The van der Waals surface area contributed by atoms with Crippen LogP contribution in [0.3, 0.4) is 0 Å². The first-order valence-electron chi connectivity index (χ1n) is 8.16. The van der Waals surface area contributed by atoms with Gasteiger partial charge in [-0.25, -0.2) is 19.9 Å². The highest BCUT2D eigenvalue weighted by Crippen LogP contribution is 2.36. The van der Waals surface area contributed by atoms with E-state index in [0.29, 0.717) is 23.8 Å². The van der Waals surface area contributed by atoms with Crippen molar-refractivity contribution in [2.45, 2.75) is 0 Å². The molecule has 3 aromatic heterocycles. The van der Waals surface area contributed by atoms with Crippen LogP contribution in [0, 0.1) is 11.8 Å². The van der Waals surface area contributed by atoms with E-state index in [9.17, 15) is 0 Å². The van der Waals surface area contributed by atoms with Gasteiger partial charge in [-0.1, -0.05) is 47.6 Å². The Bertz CT molecular complexity index is 1170. The summed E-state index contributed by atoms with van der Waals surface area (Å²) < 4.78 is 6.95. The quantitative estimate of drug-likeness (QED) is 0.553. The van der Waals surface area contributed by atoms with E-state index in [1.54, 1.807) is 7.11 Å². The van der Waals surface area contributed by atoms with Crippen LogP contribution in [0.25, 0.3) is 32.3 Å². The molecule has 0 aliphatic rings. The maximum atomic E-state index is 5.96. The van der Waals surface area contributed by atoms with Crippen molar-refractivity contribution >= 4 is 27.5 Å². The first-order chi connectivity index (χ1) is 13.2. The van der Waals surface area contributed by atoms with Gasteiger partial charge in [0.1, 0.15) is 39.7 Å². The number of methoxy groups -OCH3 is 1. The summed E-state index contributed by atoms with van der Waals surface area (Å²) in [7, 11) is 3.53. The van der Waals surface area contributed by atoms with Crippen molar-refractivity contribution in [1.29, 1.82) is 0 Å². The van der Waals surface area contributed by atoms with E-state index in [1.807, 2.05) is 41.9 Å². The Morgan fingerprint density at radius 2 is 2.00 bits per heavy atom. The Hall–Kier alpha value is -3.28. The van der Waals surface area contributed by atoms with Crippen molar-refractivity contribution < 1.29 is 4.74 Å². The van der Waals surface area contributed by atoms with Crippen LogP contribution in [0.4, 0.5) is 5.82 Å². The standard InChI is InChI=1S/C19H16N6OS/c1-25-13(9-6-10-26-2)23-14(12-7-4-3-5-8-12)16(25)19-24-15-17(20)21-11-22-18(15)27-19/h3-5,7-8,11H,10H2,1-2H3,(H2,20,21,22). The van der Waals surface area contributed by atoms with Gasteiger partial charge in [-0.05, 0) is 5.92 Å². The van der Waals surface area contributed by atoms with Gasteiger partial charge in [-0.3, -0.25) is 0 Å². The number of anilines is 1. The van der Waals surface area contributed by atoms with E-state index in [-0.39, 0.29) is 0 Å². The summed E-state index contributed by atoms with van der Waals surface area (Å²) in [5.74, 6) is 7.02. The normalized spacial score (nSPS) is 10.7. The molecule has 8 heteroatoms. The topological polar surface area (TPSA) is 91.7 Å². The fourth-order valence-electron chi connectivity index (χ4n) is 2.71. The van der Waals surface area contributed by atoms with E-state index in [4.69, 9.17) is 15.5 Å². The van der Waals surface area contributed by atoms with E-state index in [2.05, 4.69) is 26.8 Å². The molecule has 0 saturated heterocycles. The number of ether oxygens (including phenoxy) is 1. The second-order valence-electron chi connectivity index (χ2n) is 5.72. The Kier molecular flexibility index (Phi) is 4.54. The number of benzene rings is 1. The molecule has 0 aliphatic heterocycles. The molecule has 2 N–H and O–H groups in total. The fraction of sp³-hybridized carbons (Fsp3) is 0.158. The van der Waals surface area contributed by atoms with Crippen LogP contribution >= 0.6 is 11.3 Å². The van der Waals surface area contributed by atoms with Crippen LogP contribution in [0.15, 0.2) is 36.7 Å². The van der Waals surface area contributed by atoms with Crippen LogP contribution in [0.5, 0.6) is 0 Å². The van der Waals surface area contributed by atoms with E-state index >= 15 is 0 Å². The molecule has 0 bridgehead atoms. The average molecular weight is 376 g/mol. The molecule has 0 aliphatic carbocycles. The molecule has 27 heavy (non-hydrogen) atoms. The maximum absolute atomic E-state index is 5.96. The van der Waals surface area contributed by atoms with Crippen molar-refractivity contribution in [3.05, 3.63) is 42.5 Å². The van der Waals surface area contributed by atoms with E-state index < -0.39 is 0 Å². The number of aromatic nitrogens is 5. The molecule has 1 aromatic carbocycles. The zero-order valence-corrected chi connectivity index (χ0v) is 15.6. The minimum Gasteiger partial charge on any atom is -0.382 e. The van der Waals surface area contributed by atoms with Crippen molar-refractivity contribution in [2.24, 2.45) is 7.05 Å². The molecule has 4 rings (SSSR count). The lowest BCUT2D eigenvalue weighted by molar-refractivity contribution is 0.240. The molecule has 0 atom stereocenters. The molecule has 4 aromatic rings. The summed E-state index contributed by atoms with van der Waals surface area (Å²) >= 11 is 1.45. The Morgan fingerprint density at radius 1 is 1.19 bits per heavy atom. The van der Waals surface area contributed by atoms with Gasteiger partial charge >= 0.3 is 0 Å². The maximum Gasteiger partial charge on any atom is 0.186 e. The second kappa shape index (κ2) is 7.15. The van der Waals surface area contributed by atoms with Crippen LogP contribution in [-0.4, -0.2) is 38.2 Å². The van der Waals surface area contributed by atoms with Crippen molar-refractivity contribution in [3.8, 4) is 33.8 Å². The molecular formula is C19H16N6OS. The van der Waals surface area contributed by atoms with Gasteiger partial charge in [0, 0.05) is 19.7 Å².